The molecule has 0 radical (unpaired) electrons. The van der Waals surface area contributed by atoms with Gasteiger partial charge in [0.2, 0.25) is 10.0 Å². The summed E-state index contributed by atoms with van der Waals surface area (Å²) in [7, 11) is -1.72. The van der Waals surface area contributed by atoms with Crippen molar-refractivity contribution in [1.82, 2.24) is 9.62 Å². The molecule has 1 aromatic rings. The van der Waals surface area contributed by atoms with Gasteiger partial charge in [0, 0.05) is 19.6 Å². The number of sulfonamides is 1. The zero-order valence-corrected chi connectivity index (χ0v) is 12.6. The second-order valence-corrected chi connectivity index (χ2v) is 7.07. The lowest BCUT2D eigenvalue weighted by Gasteiger charge is -2.26. The summed E-state index contributed by atoms with van der Waals surface area (Å²) in [5, 5.41) is 3.27. The van der Waals surface area contributed by atoms with E-state index in [9.17, 15) is 8.42 Å². The third kappa shape index (κ3) is 2.68. The molecule has 0 amide bonds. The normalized spacial score (nSPS) is 17.3. The Labute approximate surface area is 115 Å². The van der Waals surface area contributed by atoms with Crippen LogP contribution in [0.1, 0.15) is 31.4 Å². The summed E-state index contributed by atoms with van der Waals surface area (Å²) in [6.07, 6.45) is 1.59. The second-order valence-electron chi connectivity index (χ2n) is 5.10. The second kappa shape index (κ2) is 5.61. The number of hydrogen-bond donors (Lipinski definition) is 1. The lowest BCUT2D eigenvalue weighted by atomic mass is 10.0. The van der Waals surface area contributed by atoms with Crippen molar-refractivity contribution < 1.29 is 8.42 Å². The first-order valence-corrected chi connectivity index (χ1v) is 8.22. The molecule has 1 aromatic carbocycles. The molecule has 0 aliphatic carbocycles. The van der Waals surface area contributed by atoms with Crippen molar-refractivity contribution in [2.75, 3.05) is 13.6 Å². The Morgan fingerprint density at radius 3 is 2.84 bits per heavy atom. The Kier molecular flexibility index (Phi) is 4.28. The predicted molar refractivity (Wildman–Crippen MR) is 76.6 cm³/mol. The molecule has 0 fully saturated rings. The highest BCUT2D eigenvalue weighted by atomic mass is 32.2. The zero-order valence-electron chi connectivity index (χ0n) is 11.8. The minimum atomic E-state index is -3.39. The minimum Gasteiger partial charge on any atom is -0.312 e. The van der Waals surface area contributed by atoms with Gasteiger partial charge in [-0.2, -0.15) is 4.31 Å². The Hall–Kier alpha value is -0.910. The van der Waals surface area contributed by atoms with Crippen LogP contribution in [0.15, 0.2) is 23.1 Å². The Morgan fingerprint density at radius 2 is 2.16 bits per heavy atom. The SMILES string of the molecule is CCC(C)N(C)S(=O)(=O)c1cccc2c1CCNC2. The highest BCUT2D eigenvalue weighted by Crippen LogP contribution is 2.26. The summed E-state index contributed by atoms with van der Waals surface area (Å²) in [6, 6.07) is 5.59. The molecule has 1 aliphatic rings. The van der Waals surface area contributed by atoms with Gasteiger partial charge in [0.25, 0.3) is 0 Å². The molecule has 2 rings (SSSR count). The van der Waals surface area contributed by atoms with Gasteiger partial charge in [-0.1, -0.05) is 19.1 Å². The van der Waals surface area contributed by atoms with Gasteiger partial charge in [0.1, 0.15) is 0 Å². The molecule has 1 aliphatic heterocycles. The average Bonchev–Trinajstić information content (AvgIpc) is 2.44. The van der Waals surface area contributed by atoms with Crippen LogP contribution in [0.4, 0.5) is 0 Å². The van der Waals surface area contributed by atoms with E-state index in [4.69, 9.17) is 0 Å². The van der Waals surface area contributed by atoms with Crippen LogP contribution < -0.4 is 5.32 Å². The molecule has 0 spiro atoms. The third-order valence-corrected chi connectivity index (χ3v) is 6.02. The van der Waals surface area contributed by atoms with Gasteiger partial charge in [-0.25, -0.2) is 8.42 Å². The fourth-order valence-corrected chi connectivity index (χ4v) is 4.12. The van der Waals surface area contributed by atoms with Crippen LogP contribution in [0.5, 0.6) is 0 Å². The highest BCUT2D eigenvalue weighted by molar-refractivity contribution is 7.89. The molecule has 1 heterocycles. The maximum absolute atomic E-state index is 12.7. The number of hydrogen-bond acceptors (Lipinski definition) is 3. The standard InChI is InChI=1S/C14H22N2O2S/c1-4-11(2)16(3)19(17,18)14-7-5-6-12-10-15-9-8-13(12)14/h5-7,11,15H,4,8-10H2,1-3H3. The van der Waals surface area contributed by atoms with Crippen molar-refractivity contribution in [3.8, 4) is 0 Å². The van der Waals surface area contributed by atoms with E-state index < -0.39 is 10.0 Å². The fourth-order valence-electron chi connectivity index (χ4n) is 2.39. The largest absolute Gasteiger partial charge is 0.312 e. The molecule has 1 atom stereocenters. The molecule has 0 aromatic heterocycles. The summed E-state index contributed by atoms with van der Waals surface area (Å²) in [4.78, 5) is 0.481. The lowest BCUT2D eigenvalue weighted by Crippen LogP contribution is -2.36. The minimum absolute atomic E-state index is 0.0163. The highest BCUT2D eigenvalue weighted by Gasteiger charge is 2.28. The van der Waals surface area contributed by atoms with Gasteiger partial charge in [0.15, 0.2) is 0 Å². The quantitative estimate of drug-likeness (QED) is 0.915. The van der Waals surface area contributed by atoms with Crippen LogP contribution in [0, 0.1) is 0 Å². The van der Waals surface area contributed by atoms with Crippen molar-refractivity contribution in [2.24, 2.45) is 0 Å². The first kappa shape index (κ1) is 14.5. The molecule has 0 saturated heterocycles. The van der Waals surface area contributed by atoms with Crippen molar-refractivity contribution in [3.63, 3.8) is 0 Å². The van der Waals surface area contributed by atoms with Crippen molar-refractivity contribution in [1.29, 1.82) is 0 Å². The van der Waals surface area contributed by atoms with E-state index in [0.29, 0.717) is 4.90 Å². The summed E-state index contributed by atoms with van der Waals surface area (Å²) in [5.41, 5.74) is 2.08. The predicted octanol–water partition coefficient (Wildman–Crippen LogP) is 1.75. The summed E-state index contributed by atoms with van der Waals surface area (Å²) >= 11 is 0. The molecule has 0 bridgehead atoms. The maximum Gasteiger partial charge on any atom is 0.243 e. The van der Waals surface area contributed by atoms with E-state index >= 15 is 0 Å². The molecular formula is C14H22N2O2S. The number of nitrogens with one attached hydrogen (secondary N) is 1. The van der Waals surface area contributed by atoms with Crippen molar-refractivity contribution in [2.45, 2.75) is 44.2 Å². The van der Waals surface area contributed by atoms with Crippen LogP contribution in [-0.4, -0.2) is 32.4 Å². The van der Waals surface area contributed by atoms with Gasteiger partial charge in [-0.05, 0) is 43.5 Å². The van der Waals surface area contributed by atoms with E-state index in [1.807, 2.05) is 26.0 Å². The molecule has 0 saturated carbocycles. The van der Waals surface area contributed by atoms with Gasteiger partial charge in [0.05, 0.1) is 4.90 Å². The van der Waals surface area contributed by atoms with E-state index in [-0.39, 0.29) is 6.04 Å². The first-order valence-electron chi connectivity index (χ1n) is 6.78. The van der Waals surface area contributed by atoms with Gasteiger partial charge < -0.3 is 5.32 Å². The van der Waals surface area contributed by atoms with E-state index in [1.165, 1.54) is 4.31 Å². The smallest absolute Gasteiger partial charge is 0.243 e. The molecule has 19 heavy (non-hydrogen) atoms. The molecular weight excluding hydrogens is 260 g/mol. The van der Waals surface area contributed by atoms with Crippen LogP contribution in [0.2, 0.25) is 0 Å². The van der Waals surface area contributed by atoms with Crippen LogP contribution >= 0.6 is 0 Å². The van der Waals surface area contributed by atoms with Gasteiger partial charge in [-0.3, -0.25) is 0 Å². The monoisotopic (exact) mass is 282 g/mol. The van der Waals surface area contributed by atoms with Crippen LogP contribution in [0.25, 0.3) is 0 Å². The van der Waals surface area contributed by atoms with Crippen molar-refractivity contribution >= 4 is 10.0 Å². The summed E-state index contributed by atoms with van der Waals surface area (Å²) in [6.45, 7) is 5.54. The Balaban J connectivity index is 2.46. The molecule has 1 unspecified atom stereocenters. The summed E-state index contributed by atoms with van der Waals surface area (Å²) < 4.78 is 26.9. The fraction of sp³-hybridized carbons (Fsp3) is 0.571. The number of rotatable bonds is 4. The van der Waals surface area contributed by atoms with Crippen LogP contribution in [-0.2, 0) is 23.0 Å². The molecule has 5 heteroatoms. The Morgan fingerprint density at radius 1 is 1.42 bits per heavy atom. The third-order valence-electron chi connectivity index (χ3n) is 3.97. The Bertz CT molecular complexity index is 555. The van der Waals surface area contributed by atoms with Crippen LogP contribution in [0.3, 0.4) is 0 Å². The zero-order chi connectivity index (χ0) is 14.0. The molecule has 106 valence electrons. The number of fused-ring (bicyclic) bond motifs is 1. The average molecular weight is 282 g/mol. The number of benzene rings is 1. The van der Waals surface area contributed by atoms with E-state index in [0.717, 1.165) is 37.1 Å². The maximum atomic E-state index is 12.7. The van der Waals surface area contributed by atoms with E-state index in [1.54, 1.807) is 13.1 Å². The number of nitrogens with zero attached hydrogens (tertiary/aromatic N) is 1. The van der Waals surface area contributed by atoms with Gasteiger partial charge in [-0.15, -0.1) is 0 Å². The molecule has 4 nitrogen and oxygen atoms in total. The van der Waals surface area contributed by atoms with E-state index in [2.05, 4.69) is 5.32 Å². The van der Waals surface area contributed by atoms with Crippen molar-refractivity contribution in [3.05, 3.63) is 29.3 Å². The lowest BCUT2D eigenvalue weighted by molar-refractivity contribution is 0.380. The first-order chi connectivity index (χ1) is 8.98. The molecule has 1 N–H and O–H groups in total. The van der Waals surface area contributed by atoms with Gasteiger partial charge >= 0.3 is 0 Å². The topological polar surface area (TPSA) is 49.4 Å². The summed E-state index contributed by atoms with van der Waals surface area (Å²) in [5.74, 6) is 0.